The number of imidazole rings is 1. The molecule has 31 heavy (non-hydrogen) atoms. The van der Waals surface area contributed by atoms with Gasteiger partial charge in [-0.1, -0.05) is 55.3 Å². The second-order valence-corrected chi connectivity index (χ2v) is 8.07. The van der Waals surface area contributed by atoms with E-state index in [9.17, 15) is 4.79 Å². The van der Waals surface area contributed by atoms with Crippen LogP contribution in [0.15, 0.2) is 60.7 Å². The first-order valence-corrected chi connectivity index (χ1v) is 10.9. The zero-order valence-electron chi connectivity index (χ0n) is 17.7. The van der Waals surface area contributed by atoms with Crippen molar-refractivity contribution in [1.82, 2.24) is 14.5 Å². The lowest BCUT2D eigenvalue weighted by molar-refractivity contribution is 0.102. The van der Waals surface area contributed by atoms with Gasteiger partial charge in [-0.15, -0.1) is 0 Å². The fraction of sp³-hybridized carbons (Fsp3) is 0.240. The number of nitrogens with one attached hydrogen (secondary N) is 1. The van der Waals surface area contributed by atoms with Crippen molar-refractivity contribution in [3.05, 3.63) is 88.3 Å². The average Bonchev–Trinajstić information content (AvgIpc) is 3.09. The van der Waals surface area contributed by atoms with Crippen molar-refractivity contribution in [1.29, 1.82) is 0 Å². The lowest BCUT2D eigenvalue weighted by Gasteiger charge is -2.11. The number of aryl methyl sites for hydroxylation is 2. The Kier molecular flexibility index (Phi) is 6.33. The maximum Gasteiger partial charge on any atom is 0.255 e. The minimum Gasteiger partial charge on any atom is -0.320 e. The number of nitrogens with zero attached hydrogens (tertiary/aromatic N) is 3. The maximum atomic E-state index is 12.6. The third-order valence-corrected chi connectivity index (χ3v) is 5.49. The van der Waals surface area contributed by atoms with Crippen LogP contribution in [-0.2, 0) is 13.0 Å². The number of fused-ring (bicyclic) bond motifs is 1. The summed E-state index contributed by atoms with van der Waals surface area (Å²) in [7, 11) is 0. The molecular formula is C25H25ClN4O. The molecule has 0 spiro atoms. The largest absolute Gasteiger partial charge is 0.320 e. The third kappa shape index (κ3) is 4.78. The van der Waals surface area contributed by atoms with Gasteiger partial charge in [-0.25, -0.2) is 9.97 Å². The van der Waals surface area contributed by atoms with Gasteiger partial charge in [0.05, 0.1) is 17.9 Å². The van der Waals surface area contributed by atoms with E-state index in [4.69, 9.17) is 21.6 Å². The molecule has 2 heterocycles. The predicted octanol–water partition coefficient (Wildman–Crippen LogP) is 6.04. The Bertz CT molecular complexity index is 1220. The van der Waals surface area contributed by atoms with E-state index in [0.717, 1.165) is 47.5 Å². The molecular weight excluding hydrogens is 408 g/mol. The number of benzene rings is 2. The van der Waals surface area contributed by atoms with Crippen LogP contribution in [0, 0.1) is 6.92 Å². The zero-order chi connectivity index (χ0) is 21.8. The van der Waals surface area contributed by atoms with E-state index in [0.29, 0.717) is 22.8 Å². The van der Waals surface area contributed by atoms with Crippen LogP contribution in [0.4, 0.5) is 5.69 Å². The number of rotatable bonds is 7. The molecule has 0 saturated heterocycles. The number of carbonyl (C=O) groups excluding carboxylic acids is 1. The average molecular weight is 433 g/mol. The lowest BCUT2D eigenvalue weighted by Crippen LogP contribution is -2.13. The summed E-state index contributed by atoms with van der Waals surface area (Å²) in [6.07, 6.45) is 3.01. The molecule has 4 rings (SSSR count). The van der Waals surface area contributed by atoms with Crippen molar-refractivity contribution in [3.63, 3.8) is 0 Å². The number of aromatic nitrogens is 3. The third-order valence-electron chi connectivity index (χ3n) is 5.26. The molecule has 0 aliphatic heterocycles. The van der Waals surface area contributed by atoms with Gasteiger partial charge in [0.25, 0.3) is 5.91 Å². The summed E-state index contributed by atoms with van der Waals surface area (Å²) in [6, 6.07) is 18.9. The summed E-state index contributed by atoms with van der Waals surface area (Å²) < 4.78 is 2.16. The number of halogens is 1. The van der Waals surface area contributed by atoms with Crippen LogP contribution in [0.3, 0.4) is 0 Å². The Morgan fingerprint density at radius 2 is 1.87 bits per heavy atom. The SMILES string of the molecule is CCCCc1nc2cc(NC(=O)c3ccccc3)c(C)nc2n1Cc1cccc(Cl)c1. The molecule has 1 N–H and O–H groups in total. The van der Waals surface area contributed by atoms with Crippen LogP contribution < -0.4 is 5.32 Å². The molecule has 0 fully saturated rings. The number of amides is 1. The van der Waals surface area contributed by atoms with Gasteiger partial charge in [0.15, 0.2) is 5.65 Å². The summed E-state index contributed by atoms with van der Waals surface area (Å²) in [5, 5.41) is 3.69. The van der Waals surface area contributed by atoms with E-state index in [1.807, 2.05) is 49.4 Å². The fourth-order valence-electron chi connectivity index (χ4n) is 3.60. The van der Waals surface area contributed by atoms with Crippen LogP contribution >= 0.6 is 11.6 Å². The molecule has 6 heteroatoms. The Morgan fingerprint density at radius 3 is 2.61 bits per heavy atom. The standard InChI is InChI=1S/C25H25ClN4O/c1-3-4-13-23-28-22-15-21(29-25(31)19-10-6-5-7-11-19)17(2)27-24(22)30(23)16-18-9-8-12-20(26)14-18/h5-12,14-15H,3-4,13,16H2,1-2H3,(H,29,31). The van der Waals surface area contributed by atoms with Crippen LogP contribution in [0.5, 0.6) is 0 Å². The highest BCUT2D eigenvalue weighted by atomic mass is 35.5. The molecule has 0 aliphatic carbocycles. The minimum atomic E-state index is -0.158. The molecule has 158 valence electrons. The molecule has 1 amide bonds. The van der Waals surface area contributed by atoms with Gasteiger partial charge in [-0.05, 0) is 49.2 Å². The zero-order valence-corrected chi connectivity index (χ0v) is 18.5. The molecule has 0 unspecified atom stereocenters. The van der Waals surface area contributed by atoms with Gasteiger partial charge in [0.1, 0.15) is 11.3 Å². The highest BCUT2D eigenvalue weighted by Gasteiger charge is 2.16. The molecule has 0 radical (unpaired) electrons. The second-order valence-electron chi connectivity index (χ2n) is 7.63. The number of carbonyl (C=O) groups is 1. The van der Waals surface area contributed by atoms with Crippen molar-refractivity contribution in [2.24, 2.45) is 0 Å². The van der Waals surface area contributed by atoms with Gasteiger partial charge in [0, 0.05) is 17.0 Å². The molecule has 5 nitrogen and oxygen atoms in total. The number of hydrogen-bond donors (Lipinski definition) is 1. The molecule has 2 aromatic heterocycles. The van der Waals surface area contributed by atoms with E-state index in [-0.39, 0.29) is 5.91 Å². The van der Waals surface area contributed by atoms with Crippen molar-refractivity contribution in [2.45, 2.75) is 39.7 Å². The molecule has 0 bridgehead atoms. The molecule has 0 atom stereocenters. The van der Waals surface area contributed by atoms with Gasteiger partial charge in [-0.3, -0.25) is 4.79 Å². The van der Waals surface area contributed by atoms with Crippen molar-refractivity contribution in [3.8, 4) is 0 Å². The summed E-state index contributed by atoms with van der Waals surface area (Å²) in [5.41, 5.74) is 4.74. The fourth-order valence-corrected chi connectivity index (χ4v) is 3.82. The van der Waals surface area contributed by atoms with Crippen molar-refractivity contribution >= 4 is 34.4 Å². The number of pyridine rings is 1. The van der Waals surface area contributed by atoms with Crippen LogP contribution in [-0.4, -0.2) is 20.4 Å². The van der Waals surface area contributed by atoms with Gasteiger partial charge < -0.3 is 9.88 Å². The van der Waals surface area contributed by atoms with E-state index in [2.05, 4.69) is 22.9 Å². The number of anilines is 1. The highest BCUT2D eigenvalue weighted by Crippen LogP contribution is 2.24. The van der Waals surface area contributed by atoms with Crippen molar-refractivity contribution in [2.75, 3.05) is 5.32 Å². The van der Waals surface area contributed by atoms with Crippen molar-refractivity contribution < 1.29 is 4.79 Å². The summed E-state index contributed by atoms with van der Waals surface area (Å²) in [4.78, 5) is 22.3. The van der Waals surface area contributed by atoms with Gasteiger partial charge in [0.2, 0.25) is 0 Å². The van der Waals surface area contributed by atoms with Gasteiger partial charge >= 0.3 is 0 Å². The molecule has 0 aliphatic rings. The topological polar surface area (TPSA) is 59.8 Å². The summed E-state index contributed by atoms with van der Waals surface area (Å²) in [5.74, 6) is 0.838. The first kappa shape index (κ1) is 21.1. The Hall–Kier alpha value is -3.18. The Morgan fingerprint density at radius 1 is 1.06 bits per heavy atom. The normalized spacial score (nSPS) is 11.1. The first-order valence-electron chi connectivity index (χ1n) is 10.5. The van der Waals surface area contributed by atoms with E-state index in [1.165, 1.54) is 0 Å². The molecule has 0 saturated carbocycles. The van der Waals surface area contributed by atoms with E-state index >= 15 is 0 Å². The minimum absolute atomic E-state index is 0.158. The second kappa shape index (κ2) is 9.31. The Balaban J connectivity index is 1.71. The molecule has 4 aromatic rings. The monoisotopic (exact) mass is 432 g/mol. The maximum absolute atomic E-state index is 12.6. The van der Waals surface area contributed by atoms with E-state index < -0.39 is 0 Å². The van der Waals surface area contributed by atoms with Crippen LogP contribution in [0.1, 0.15) is 47.2 Å². The number of hydrogen-bond acceptors (Lipinski definition) is 3. The first-order chi connectivity index (χ1) is 15.0. The summed E-state index contributed by atoms with van der Waals surface area (Å²) in [6.45, 7) is 4.73. The quantitative estimate of drug-likeness (QED) is 0.387. The van der Waals surface area contributed by atoms with Gasteiger partial charge in [-0.2, -0.15) is 0 Å². The smallest absolute Gasteiger partial charge is 0.255 e. The highest BCUT2D eigenvalue weighted by molar-refractivity contribution is 6.30. The predicted molar refractivity (Wildman–Crippen MR) is 126 cm³/mol. The van der Waals surface area contributed by atoms with Crippen LogP contribution in [0.2, 0.25) is 5.02 Å². The summed E-state index contributed by atoms with van der Waals surface area (Å²) >= 11 is 6.19. The van der Waals surface area contributed by atoms with Crippen LogP contribution in [0.25, 0.3) is 11.2 Å². The van der Waals surface area contributed by atoms with E-state index in [1.54, 1.807) is 12.1 Å². The Labute approximate surface area is 187 Å². The molecule has 2 aromatic carbocycles. The number of unbranched alkanes of at least 4 members (excludes halogenated alkanes) is 1. The lowest BCUT2D eigenvalue weighted by atomic mass is 10.2.